The van der Waals surface area contributed by atoms with Gasteiger partial charge in [0.25, 0.3) is 0 Å². The number of esters is 1. The maximum absolute atomic E-state index is 10.8. The molecule has 1 rings (SSSR count). The van der Waals surface area contributed by atoms with Gasteiger partial charge in [-0.15, -0.1) is 0 Å². The molecule has 0 unspecified atom stereocenters. The second-order valence-electron chi connectivity index (χ2n) is 2.52. The topological polar surface area (TPSA) is 64.3 Å². The fraction of sp³-hybridized carbons (Fsp3) is 0.222. The molecule has 3 N–H and O–H groups in total. The lowest BCUT2D eigenvalue weighted by atomic mass is 10.3. The van der Waals surface area contributed by atoms with Gasteiger partial charge in [0.2, 0.25) is 0 Å². The lowest BCUT2D eigenvalue weighted by Crippen LogP contribution is -2.15. The first-order chi connectivity index (χ1) is 6.24. The van der Waals surface area contributed by atoms with Gasteiger partial charge >= 0.3 is 5.97 Å². The van der Waals surface area contributed by atoms with Crippen LogP contribution in [-0.2, 0) is 9.53 Å². The predicted molar refractivity (Wildman–Crippen MR) is 51.4 cm³/mol. The Bertz CT molecular complexity index is 299. The summed E-state index contributed by atoms with van der Waals surface area (Å²) in [6.07, 6.45) is 0. The zero-order valence-electron chi connectivity index (χ0n) is 7.41. The molecule has 4 nitrogen and oxygen atoms in total. The first kappa shape index (κ1) is 9.38. The van der Waals surface area contributed by atoms with Crippen LogP contribution in [0, 0.1) is 0 Å². The standard InChI is InChI=1S/C9H12N2O2/c1-13-9(12)6-11-8-5-3-2-4-7(8)10/h2-5,11H,6,10H2,1H3. The lowest BCUT2D eigenvalue weighted by molar-refractivity contribution is -0.138. The van der Waals surface area contributed by atoms with E-state index in [9.17, 15) is 4.79 Å². The molecule has 0 radical (unpaired) electrons. The highest BCUT2D eigenvalue weighted by atomic mass is 16.5. The predicted octanol–water partition coefficient (Wildman–Crippen LogP) is 0.854. The van der Waals surface area contributed by atoms with Gasteiger partial charge in [0.15, 0.2) is 0 Å². The minimum atomic E-state index is -0.316. The summed E-state index contributed by atoms with van der Waals surface area (Å²) < 4.78 is 4.47. The van der Waals surface area contributed by atoms with E-state index in [0.717, 1.165) is 5.69 Å². The molecule has 0 atom stereocenters. The van der Waals surface area contributed by atoms with Gasteiger partial charge in [-0.3, -0.25) is 4.79 Å². The number of ether oxygens (including phenoxy) is 1. The Balaban J connectivity index is 2.54. The molecule has 0 aliphatic rings. The molecule has 0 saturated heterocycles. The van der Waals surface area contributed by atoms with Crippen molar-refractivity contribution in [2.24, 2.45) is 0 Å². The quantitative estimate of drug-likeness (QED) is 0.534. The zero-order valence-corrected chi connectivity index (χ0v) is 7.41. The number of para-hydroxylation sites is 2. The SMILES string of the molecule is COC(=O)CNc1ccccc1N. The smallest absolute Gasteiger partial charge is 0.325 e. The highest BCUT2D eigenvalue weighted by molar-refractivity contribution is 5.77. The van der Waals surface area contributed by atoms with Crippen LogP contribution in [0.2, 0.25) is 0 Å². The third-order valence-corrected chi connectivity index (χ3v) is 1.61. The summed E-state index contributed by atoms with van der Waals surface area (Å²) in [4.78, 5) is 10.8. The Morgan fingerprint density at radius 1 is 1.54 bits per heavy atom. The maximum Gasteiger partial charge on any atom is 0.325 e. The van der Waals surface area contributed by atoms with E-state index in [-0.39, 0.29) is 12.5 Å². The number of anilines is 2. The van der Waals surface area contributed by atoms with Crippen LogP contribution in [-0.4, -0.2) is 19.6 Å². The van der Waals surface area contributed by atoms with E-state index in [4.69, 9.17) is 5.73 Å². The van der Waals surface area contributed by atoms with E-state index in [1.54, 1.807) is 12.1 Å². The minimum absolute atomic E-state index is 0.130. The third-order valence-electron chi connectivity index (χ3n) is 1.61. The molecular formula is C9H12N2O2. The number of nitrogens with two attached hydrogens (primary N) is 1. The molecule has 0 bridgehead atoms. The molecular weight excluding hydrogens is 168 g/mol. The molecule has 0 spiro atoms. The minimum Gasteiger partial charge on any atom is -0.468 e. The van der Waals surface area contributed by atoms with Crippen molar-refractivity contribution >= 4 is 17.3 Å². The van der Waals surface area contributed by atoms with E-state index in [1.807, 2.05) is 12.1 Å². The molecule has 1 aromatic carbocycles. The molecule has 4 heteroatoms. The van der Waals surface area contributed by atoms with Crippen molar-refractivity contribution in [1.29, 1.82) is 0 Å². The Kier molecular flexibility index (Phi) is 3.14. The van der Waals surface area contributed by atoms with Crippen LogP contribution >= 0.6 is 0 Å². The second-order valence-corrected chi connectivity index (χ2v) is 2.52. The van der Waals surface area contributed by atoms with Gasteiger partial charge in [-0.2, -0.15) is 0 Å². The van der Waals surface area contributed by atoms with E-state index >= 15 is 0 Å². The molecule has 0 heterocycles. The average molecular weight is 180 g/mol. The number of nitrogens with one attached hydrogen (secondary N) is 1. The van der Waals surface area contributed by atoms with Crippen molar-refractivity contribution in [3.8, 4) is 0 Å². The molecule has 0 amide bonds. The lowest BCUT2D eigenvalue weighted by Gasteiger charge is -2.06. The highest BCUT2D eigenvalue weighted by Crippen LogP contribution is 2.15. The highest BCUT2D eigenvalue weighted by Gasteiger charge is 2.00. The summed E-state index contributed by atoms with van der Waals surface area (Å²) in [5, 5.41) is 2.86. The molecule has 0 fully saturated rings. The Morgan fingerprint density at radius 2 is 2.23 bits per heavy atom. The Morgan fingerprint density at radius 3 is 2.85 bits per heavy atom. The number of methoxy groups -OCH3 is 1. The number of rotatable bonds is 3. The van der Waals surface area contributed by atoms with Crippen molar-refractivity contribution in [2.75, 3.05) is 24.7 Å². The number of hydrogen-bond donors (Lipinski definition) is 2. The van der Waals surface area contributed by atoms with Gasteiger partial charge in [0, 0.05) is 0 Å². The summed E-state index contributed by atoms with van der Waals surface area (Å²) in [6, 6.07) is 7.24. The van der Waals surface area contributed by atoms with Crippen LogP contribution in [0.1, 0.15) is 0 Å². The summed E-state index contributed by atoms with van der Waals surface area (Å²) in [5.74, 6) is -0.316. The van der Waals surface area contributed by atoms with Crippen LogP contribution in [0.5, 0.6) is 0 Å². The third kappa shape index (κ3) is 2.66. The average Bonchev–Trinajstić information content (AvgIpc) is 2.16. The maximum atomic E-state index is 10.8. The number of nitrogen functional groups attached to an aromatic ring is 1. The fourth-order valence-electron chi connectivity index (χ4n) is 0.898. The molecule has 1 aromatic rings. The van der Waals surface area contributed by atoms with Crippen LogP contribution in [0.25, 0.3) is 0 Å². The molecule has 0 aliphatic heterocycles. The van der Waals surface area contributed by atoms with Crippen LogP contribution < -0.4 is 11.1 Å². The zero-order chi connectivity index (χ0) is 9.68. The van der Waals surface area contributed by atoms with Crippen molar-refractivity contribution in [2.45, 2.75) is 0 Å². The molecule has 0 aliphatic carbocycles. The first-order valence-electron chi connectivity index (χ1n) is 3.89. The van der Waals surface area contributed by atoms with Crippen molar-refractivity contribution in [1.82, 2.24) is 0 Å². The number of carbonyl (C=O) groups is 1. The normalized spacial score (nSPS) is 9.31. The molecule has 70 valence electrons. The van der Waals surface area contributed by atoms with Crippen LogP contribution in [0.4, 0.5) is 11.4 Å². The van der Waals surface area contributed by atoms with Gasteiger partial charge in [0.1, 0.15) is 6.54 Å². The van der Waals surface area contributed by atoms with E-state index in [2.05, 4.69) is 10.1 Å². The Labute approximate surface area is 76.7 Å². The number of carbonyl (C=O) groups excluding carboxylic acids is 1. The van der Waals surface area contributed by atoms with Gasteiger partial charge < -0.3 is 15.8 Å². The van der Waals surface area contributed by atoms with E-state index in [0.29, 0.717) is 5.69 Å². The molecule has 0 saturated carbocycles. The summed E-state index contributed by atoms with van der Waals surface area (Å²) in [5.41, 5.74) is 6.99. The van der Waals surface area contributed by atoms with E-state index in [1.165, 1.54) is 7.11 Å². The number of hydrogen-bond acceptors (Lipinski definition) is 4. The second kappa shape index (κ2) is 4.35. The summed E-state index contributed by atoms with van der Waals surface area (Å²) >= 11 is 0. The van der Waals surface area contributed by atoms with Gasteiger partial charge in [-0.1, -0.05) is 12.1 Å². The summed E-state index contributed by atoms with van der Waals surface area (Å²) in [7, 11) is 1.35. The largest absolute Gasteiger partial charge is 0.468 e. The van der Waals surface area contributed by atoms with Crippen LogP contribution in [0.15, 0.2) is 24.3 Å². The first-order valence-corrected chi connectivity index (χ1v) is 3.89. The fourth-order valence-corrected chi connectivity index (χ4v) is 0.898. The van der Waals surface area contributed by atoms with Gasteiger partial charge in [0.05, 0.1) is 18.5 Å². The van der Waals surface area contributed by atoms with Gasteiger partial charge in [-0.25, -0.2) is 0 Å². The van der Waals surface area contributed by atoms with Crippen LogP contribution in [0.3, 0.4) is 0 Å². The summed E-state index contributed by atoms with van der Waals surface area (Å²) in [6.45, 7) is 0.130. The molecule has 13 heavy (non-hydrogen) atoms. The Hall–Kier alpha value is -1.71. The molecule has 0 aromatic heterocycles. The van der Waals surface area contributed by atoms with Crippen molar-refractivity contribution in [3.05, 3.63) is 24.3 Å². The van der Waals surface area contributed by atoms with Gasteiger partial charge in [-0.05, 0) is 12.1 Å². The number of benzene rings is 1. The monoisotopic (exact) mass is 180 g/mol. The van der Waals surface area contributed by atoms with Crippen molar-refractivity contribution in [3.63, 3.8) is 0 Å². The van der Waals surface area contributed by atoms with E-state index < -0.39 is 0 Å². The van der Waals surface area contributed by atoms with Crippen molar-refractivity contribution < 1.29 is 9.53 Å².